The van der Waals surface area contributed by atoms with Crippen LogP contribution >= 0.6 is 0 Å². The summed E-state index contributed by atoms with van der Waals surface area (Å²) >= 11 is 0. The molecule has 0 aliphatic carbocycles. The lowest BCUT2D eigenvalue weighted by Gasteiger charge is -2.15. The second-order valence-electron chi connectivity index (χ2n) is 14.1. The normalized spacial score (nSPS) is 12.7. The van der Waals surface area contributed by atoms with Gasteiger partial charge < -0.3 is 25.6 Å². The van der Waals surface area contributed by atoms with E-state index in [1.807, 2.05) is 0 Å². The standard InChI is InChI=1S/C42H76N2O7/c1-3-5-7-9-11-13-14-15-16-17-18-19-20-22-24-30-34-41(48)51-37(31-27-23-21-12-10-8-6-4-2)32-28-25-26-29-33-39(46)43-35-40(47)44-38(36-45)42(49)50/h16-17,27,31,37-38,45H,3-15,18-26,28-30,32-36H2,1-2H3,(H,43,46)(H,44,47)(H,49,50)/b17-16-,31-27-. The van der Waals surface area contributed by atoms with E-state index in [9.17, 15) is 19.2 Å². The number of carbonyl (C=O) groups excluding carboxylic acids is 3. The number of allylic oxidation sites excluding steroid dienone is 3. The number of amides is 2. The van der Waals surface area contributed by atoms with Crippen LogP contribution in [0.4, 0.5) is 0 Å². The van der Waals surface area contributed by atoms with Crippen LogP contribution < -0.4 is 10.6 Å². The molecule has 0 bridgehead atoms. The van der Waals surface area contributed by atoms with Crippen LogP contribution in [0.2, 0.25) is 0 Å². The highest BCUT2D eigenvalue weighted by Crippen LogP contribution is 2.15. The number of carboxylic acids is 1. The van der Waals surface area contributed by atoms with Crippen molar-refractivity contribution < 1.29 is 34.1 Å². The van der Waals surface area contributed by atoms with E-state index in [0.29, 0.717) is 12.8 Å². The topological polar surface area (TPSA) is 142 Å². The first-order valence-electron chi connectivity index (χ1n) is 20.7. The van der Waals surface area contributed by atoms with Gasteiger partial charge in [0.25, 0.3) is 0 Å². The van der Waals surface area contributed by atoms with E-state index in [4.69, 9.17) is 14.9 Å². The zero-order valence-electron chi connectivity index (χ0n) is 32.6. The maximum Gasteiger partial charge on any atom is 0.328 e. The quantitative estimate of drug-likeness (QED) is 0.0284. The highest BCUT2D eigenvalue weighted by Gasteiger charge is 2.18. The van der Waals surface area contributed by atoms with Gasteiger partial charge in [0.15, 0.2) is 0 Å². The maximum absolute atomic E-state index is 12.7. The molecule has 4 N–H and O–H groups in total. The van der Waals surface area contributed by atoms with E-state index >= 15 is 0 Å². The van der Waals surface area contributed by atoms with Gasteiger partial charge in [0, 0.05) is 12.8 Å². The summed E-state index contributed by atoms with van der Waals surface area (Å²) < 4.78 is 5.89. The first kappa shape index (κ1) is 48.3. The number of esters is 1. The summed E-state index contributed by atoms with van der Waals surface area (Å²) in [6.07, 6.45) is 39.3. The SMILES string of the molecule is CCCCCCCC/C=C\C(CCCCCCC(=O)NCC(=O)NC(CO)C(=O)O)OC(=O)CCCCCCC/C=C\CCCCCCCCC. The number of aliphatic carboxylic acids is 1. The molecular formula is C42H76N2O7. The Labute approximate surface area is 311 Å². The second-order valence-corrected chi connectivity index (χ2v) is 14.1. The zero-order valence-corrected chi connectivity index (χ0v) is 32.6. The molecule has 0 aromatic heterocycles. The molecule has 0 saturated heterocycles. The fraction of sp³-hybridized carbons (Fsp3) is 0.810. The number of nitrogens with one attached hydrogen (secondary N) is 2. The molecule has 0 aliphatic rings. The summed E-state index contributed by atoms with van der Waals surface area (Å²) in [4.78, 5) is 47.4. The molecule has 9 nitrogen and oxygen atoms in total. The Morgan fingerprint density at radius 1 is 0.588 bits per heavy atom. The predicted molar refractivity (Wildman–Crippen MR) is 208 cm³/mol. The van der Waals surface area contributed by atoms with Crippen LogP contribution in [-0.4, -0.2) is 59.3 Å². The summed E-state index contributed by atoms with van der Waals surface area (Å²) in [5.41, 5.74) is 0. The number of ether oxygens (including phenoxy) is 1. The van der Waals surface area contributed by atoms with Gasteiger partial charge in [-0.15, -0.1) is 0 Å². The molecule has 0 radical (unpaired) electrons. The van der Waals surface area contributed by atoms with Crippen LogP contribution in [0.25, 0.3) is 0 Å². The smallest absolute Gasteiger partial charge is 0.328 e. The fourth-order valence-corrected chi connectivity index (χ4v) is 5.91. The maximum atomic E-state index is 12.7. The number of hydrogen-bond acceptors (Lipinski definition) is 6. The molecule has 2 atom stereocenters. The van der Waals surface area contributed by atoms with Gasteiger partial charge in [0.1, 0.15) is 12.1 Å². The average Bonchev–Trinajstić information content (AvgIpc) is 3.11. The van der Waals surface area contributed by atoms with Crippen molar-refractivity contribution in [1.29, 1.82) is 0 Å². The summed E-state index contributed by atoms with van der Waals surface area (Å²) in [5.74, 6) is -2.40. The third-order valence-electron chi connectivity index (χ3n) is 9.16. The Morgan fingerprint density at radius 3 is 1.59 bits per heavy atom. The second kappa shape index (κ2) is 37.1. The number of carbonyl (C=O) groups is 4. The van der Waals surface area contributed by atoms with E-state index < -0.39 is 24.5 Å². The van der Waals surface area contributed by atoms with Crippen molar-refractivity contribution in [3.8, 4) is 0 Å². The van der Waals surface area contributed by atoms with Crippen molar-refractivity contribution in [2.75, 3.05) is 13.2 Å². The fourth-order valence-electron chi connectivity index (χ4n) is 5.91. The molecule has 51 heavy (non-hydrogen) atoms. The molecule has 0 rings (SSSR count). The monoisotopic (exact) mass is 721 g/mol. The van der Waals surface area contributed by atoms with Gasteiger partial charge in [-0.3, -0.25) is 14.4 Å². The Bertz CT molecular complexity index is 921. The average molecular weight is 721 g/mol. The number of carboxylic acid groups (broad SMARTS) is 1. The van der Waals surface area contributed by atoms with Gasteiger partial charge in [-0.2, -0.15) is 0 Å². The van der Waals surface area contributed by atoms with Crippen LogP contribution in [0.1, 0.15) is 194 Å². The molecule has 0 heterocycles. The van der Waals surface area contributed by atoms with Crippen LogP contribution in [-0.2, 0) is 23.9 Å². The van der Waals surface area contributed by atoms with E-state index in [1.54, 1.807) is 0 Å². The van der Waals surface area contributed by atoms with Gasteiger partial charge in [0.2, 0.25) is 11.8 Å². The summed E-state index contributed by atoms with van der Waals surface area (Å²) in [6.45, 7) is 3.43. The van der Waals surface area contributed by atoms with Crippen LogP contribution in [0.3, 0.4) is 0 Å². The number of hydrogen-bond donors (Lipinski definition) is 4. The van der Waals surface area contributed by atoms with Crippen molar-refractivity contribution in [2.24, 2.45) is 0 Å². The lowest BCUT2D eigenvalue weighted by molar-refractivity contribution is -0.147. The van der Waals surface area contributed by atoms with E-state index in [0.717, 1.165) is 64.2 Å². The molecule has 296 valence electrons. The first-order valence-corrected chi connectivity index (χ1v) is 20.7. The molecule has 0 fully saturated rings. The Hall–Kier alpha value is -2.68. The van der Waals surface area contributed by atoms with Gasteiger partial charge in [-0.05, 0) is 70.3 Å². The number of aliphatic hydroxyl groups excluding tert-OH is 1. The first-order chi connectivity index (χ1) is 24.8. The minimum Gasteiger partial charge on any atom is -0.480 e. The zero-order chi connectivity index (χ0) is 37.6. The Kier molecular flexibility index (Phi) is 35.1. The summed E-state index contributed by atoms with van der Waals surface area (Å²) in [6, 6.07) is -1.39. The van der Waals surface area contributed by atoms with Crippen LogP contribution in [0.5, 0.6) is 0 Å². The van der Waals surface area contributed by atoms with Crippen LogP contribution in [0.15, 0.2) is 24.3 Å². The number of rotatable bonds is 37. The molecule has 0 spiro atoms. The summed E-state index contributed by atoms with van der Waals surface area (Å²) in [7, 11) is 0. The lowest BCUT2D eigenvalue weighted by Crippen LogP contribution is -2.47. The third kappa shape index (κ3) is 34.2. The predicted octanol–water partition coefficient (Wildman–Crippen LogP) is 9.65. The number of unbranched alkanes of at least 4 members (excludes halogenated alkanes) is 21. The van der Waals surface area contributed by atoms with Crippen molar-refractivity contribution in [3.05, 3.63) is 24.3 Å². The van der Waals surface area contributed by atoms with Crippen LogP contribution in [0, 0.1) is 0 Å². The molecule has 2 unspecified atom stereocenters. The molecule has 0 saturated carbocycles. The lowest BCUT2D eigenvalue weighted by atomic mass is 10.1. The van der Waals surface area contributed by atoms with Gasteiger partial charge in [0.05, 0.1) is 13.2 Å². The summed E-state index contributed by atoms with van der Waals surface area (Å²) in [5, 5.41) is 22.5. The molecular weight excluding hydrogens is 644 g/mol. The minimum atomic E-state index is -1.39. The van der Waals surface area contributed by atoms with Gasteiger partial charge >= 0.3 is 11.9 Å². The Morgan fingerprint density at radius 2 is 1.06 bits per heavy atom. The van der Waals surface area contributed by atoms with Crippen molar-refractivity contribution >= 4 is 23.8 Å². The van der Waals surface area contributed by atoms with Gasteiger partial charge in [-0.1, -0.05) is 135 Å². The van der Waals surface area contributed by atoms with Gasteiger partial charge in [-0.25, -0.2) is 4.79 Å². The molecule has 0 aromatic rings. The molecule has 0 aromatic carbocycles. The van der Waals surface area contributed by atoms with E-state index in [2.05, 4.69) is 48.8 Å². The van der Waals surface area contributed by atoms with Crippen molar-refractivity contribution in [3.63, 3.8) is 0 Å². The molecule has 9 heteroatoms. The third-order valence-corrected chi connectivity index (χ3v) is 9.16. The van der Waals surface area contributed by atoms with E-state index in [-0.39, 0.29) is 30.9 Å². The highest BCUT2D eigenvalue weighted by molar-refractivity contribution is 5.87. The highest BCUT2D eigenvalue weighted by atomic mass is 16.5. The minimum absolute atomic E-state index is 0.119. The van der Waals surface area contributed by atoms with Crippen molar-refractivity contribution in [1.82, 2.24) is 10.6 Å². The number of aliphatic hydroxyl groups is 1. The molecule has 0 aliphatic heterocycles. The van der Waals surface area contributed by atoms with E-state index in [1.165, 1.54) is 96.3 Å². The Balaban J connectivity index is 4.27. The largest absolute Gasteiger partial charge is 0.480 e. The molecule has 2 amide bonds. The van der Waals surface area contributed by atoms with Crippen molar-refractivity contribution in [2.45, 2.75) is 206 Å².